The fourth-order valence-corrected chi connectivity index (χ4v) is 2.93. The van der Waals surface area contributed by atoms with E-state index in [4.69, 9.17) is 9.84 Å². The Morgan fingerprint density at radius 2 is 2.00 bits per heavy atom. The number of aliphatic hydroxyl groups excluding tert-OH is 1. The molecule has 0 bridgehead atoms. The number of benzene rings is 1. The zero-order chi connectivity index (χ0) is 14.9. The van der Waals surface area contributed by atoms with E-state index in [2.05, 4.69) is 22.3 Å². The molecule has 1 unspecified atom stereocenters. The highest BCUT2D eigenvalue weighted by Gasteiger charge is 2.21. The molecule has 0 saturated carbocycles. The largest absolute Gasteiger partial charge is 0.392 e. The van der Waals surface area contributed by atoms with Gasteiger partial charge in [0.1, 0.15) is 0 Å². The molecule has 1 fully saturated rings. The van der Waals surface area contributed by atoms with E-state index in [1.165, 1.54) is 31.4 Å². The van der Waals surface area contributed by atoms with Gasteiger partial charge < -0.3 is 15.2 Å². The first-order chi connectivity index (χ1) is 10.3. The van der Waals surface area contributed by atoms with Gasteiger partial charge in [0.25, 0.3) is 0 Å². The van der Waals surface area contributed by atoms with Crippen LogP contribution in [-0.2, 0) is 17.9 Å². The standard InChI is InChI=1S/C17H28N2O2/c1-21-11-9-18-12-17-4-2-3-10-19(17)13-15-5-7-16(14-20)8-6-15/h5-8,17-18,20H,2-4,9-14H2,1H3. The summed E-state index contributed by atoms with van der Waals surface area (Å²) in [4.78, 5) is 2.58. The zero-order valence-electron chi connectivity index (χ0n) is 13.1. The number of nitrogens with one attached hydrogen (secondary N) is 1. The Balaban J connectivity index is 1.85. The van der Waals surface area contributed by atoms with Gasteiger partial charge in [-0.15, -0.1) is 0 Å². The summed E-state index contributed by atoms with van der Waals surface area (Å²) in [6.07, 6.45) is 3.90. The maximum atomic E-state index is 9.10. The molecule has 0 aromatic heterocycles. The highest BCUT2D eigenvalue weighted by atomic mass is 16.5. The Morgan fingerprint density at radius 1 is 1.24 bits per heavy atom. The highest BCUT2D eigenvalue weighted by molar-refractivity contribution is 5.22. The van der Waals surface area contributed by atoms with Gasteiger partial charge >= 0.3 is 0 Å². The predicted molar refractivity (Wildman–Crippen MR) is 85.2 cm³/mol. The van der Waals surface area contributed by atoms with Gasteiger partial charge in [0.15, 0.2) is 0 Å². The van der Waals surface area contributed by atoms with Crippen LogP contribution in [0.5, 0.6) is 0 Å². The lowest BCUT2D eigenvalue weighted by molar-refractivity contribution is 0.133. The maximum absolute atomic E-state index is 9.10. The topological polar surface area (TPSA) is 44.7 Å². The third-order valence-corrected chi connectivity index (χ3v) is 4.20. The first-order valence-corrected chi connectivity index (χ1v) is 7.96. The molecule has 0 aliphatic carbocycles. The van der Waals surface area contributed by atoms with Crippen LogP contribution in [0.15, 0.2) is 24.3 Å². The molecule has 1 aliphatic rings. The molecule has 1 aromatic carbocycles. The monoisotopic (exact) mass is 292 g/mol. The number of piperidine rings is 1. The van der Waals surface area contributed by atoms with E-state index in [9.17, 15) is 0 Å². The van der Waals surface area contributed by atoms with Crippen molar-refractivity contribution < 1.29 is 9.84 Å². The molecule has 2 rings (SSSR count). The third-order valence-electron chi connectivity index (χ3n) is 4.20. The van der Waals surface area contributed by atoms with Gasteiger partial charge in [-0.2, -0.15) is 0 Å². The molecule has 4 nitrogen and oxygen atoms in total. The van der Waals surface area contributed by atoms with E-state index >= 15 is 0 Å². The van der Waals surface area contributed by atoms with E-state index < -0.39 is 0 Å². The second kappa shape index (κ2) is 9.15. The van der Waals surface area contributed by atoms with Crippen molar-refractivity contribution in [3.8, 4) is 0 Å². The lowest BCUT2D eigenvalue weighted by atomic mass is 10.0. The Labute approximate surface area is 128 Å². The highest BCUT2D eigenvalue weighted by Crippen LogP contribution is 2.19. The number of methoxy groups -OCH3 is 1. The number of hydrogen-bond donors (Lipinski definition) is 2. The van der Waals surface area contributed by atoms with E-state index in [0.29, 0.717) is 6.04 Å². The smallest absolute Gasteiger partial charge is 0.0681 e. The van der Waals surface area contributed by atoms with Gasteiger partial charge in [-0.25, -0.2) is 0 Å². The third kappa shape index (κ3) is 5.40. The van der Waals surface area contributed by atoms with Crippen molar-refractivity contribution in [3.63, 3.8) is 0 Å². The van der Waals surface area contributed by atoms with Crippen LogP contribution in [0.25, 0.3) is 0 Å². The van der Waals surface area contributed by atoms with Crippen LogP contribution in [0.1, 0.15) is 30.4 Å². The Bertz CT molecular complexity index is 394. The molecule has 1 saturated heterocycles. The molecule has 1 aromatic rings. The number of likely N-dealkylation sites (tertiary alicyclic amines) is 1. The molecule has 4 heteroatoms. The lowest BCUT2D eigenvalue weighted by Crippen LogP contribution is -2.45. The molecule has 21 heavy (non-hydrogen) atoms. The van der Waals surface area contributed by atoms with Crippen molar-refractivity contribution in [3.05, 3.63) is 35.4 Å². The number of aliphatic hydroxyl groups is 1. The van der Waals surface area contributed by atoms with Gasteiger partial charge in [0.05, 0.1) is 13.2 Å². The molecule has 1 heterocycles. The molecular formula is C17H28N2O2. The van der Waals surface area contributed by atoms with E-state index in [0.717, 1.165) is 31.8 Å². The number of hydrogen-bond acceptors (Lipinski definition) is 4. The van der Waals surface area contributed by atoms with Crippen LogP contribution < -0.4 is 5.32 Å². The minimum absolute atomic E-state index is 0.121. The van der Waals surface area contributed by atoms with Crippen molar-refractivity contribution in [1.29, 1.82) is 0 Å². The molecule has 1 aliphatic heterocycles. The van der Waals surface area contributed by atoms with E-state index in [-0.39, 0.29) is 6.61 Å². The van der Waals surface area contributed by atoms with Gasteiger partial charge in [-0.05, 0) is 30.5 Å². The van der Waals surface area contributed by atoms with Crippen molar-refractivity contribution in [2.75, 3.05) is 33.4 Å². The second-order valence-corrected chi connectivity index (χ2v) is 5.79. The average molecular weight is 292 g/mol. The Hall–Kier alpha value is -0.940. The van der Waals surface area contributed by atoms with E-state index in [1.807, 2.05) is 12.1 Å². The Kier molecular flexibility index (Phi) is 7.16. The van der Waals surface area contributed by atoms with Crippen molar-refractivity contribution in [1.82, 2.24) is 10.2 Å². The summed E-state index contributed by atoms with van der Waals surface area (Å²) >= 11 is 0. The molecular weight excluding hydrogens is 264 g/mol. The van der Waals surface area contributed by atoms with Crippen LogP contribution in [0.3, 0.4) is 0 Å². The normalized spacial score (nSPS) is 19.8. The van der Waals surface area contributed by atoms with Crippen LogP contribution >= 0.6 is 0 Å². The maximum Gasteiger partial charge on any atom is 0.0681 e. The minimum atomic E-state index is 0.121. The number of rotatable bonds is 8. The quantitative estimate of drug-likeness (QED) is 0.717. The van der Waals surface area contributed by atoms with Crippen molar-refractivity contribution in [2.45, 2.75) is 38.5 Å². The van der Waals surface area contributed by atoms with Crippen LogP contribution in [-0.4, -0.2) is 49.4 Å². The fourth-order valence-electron chi connectivity index (χ4n) is 2.93. The van der Waals surface area contributed by atoms with Crippen molar-refractivity contribution in [2.24, 2.45) is 0 Å². The molecule has 1 atom stereocenters. The van der Waals surface area contributed by atoms with Gasteiger partial charge in [0, 0.05) is 32.8 Å². The summed E-state index contributed by atoms with van der Waals surface area (Å²) in [5, 5.41) is 12.6. The predicted octanol–water partition coefficient (Wildman–Crippen LogP) is 1.77. The first kappa shape index (κ1) is 16.4. The summed E-state index contributed by atoms with van der Waals surface area (Å²) in [5.74, 6) is 0. The van der Waals surface area contributed by atoms with Gasteiger partial charge in [-0.3, -0.25) is 4.90 Å². The molecule has 0 spiro atoms. The molecule has 118 valence electrons. The Morgan fingerprint density at radius 3 is 2.71 bits per heavy atom. The zero-order valence-corrected chi connectivity index (χ0v) is 13.1. The summed E-state index contributed by atoms with van der Waals surface area (Å²) in [7, 11) is 1.74. The molecule has 0 amide bonds. The van der Waals surface area contributed by atoms with Gasteiger partial charge in [-0.1, -0.05) is 30.7 Å². The van der Waals surface area contributed by atoms with Crippen LogP contribution in [0, 0.1) is 0 Å². The molecule has 0 radical (unpaired) electrons. The SMILES string of the molecule is COCCNCC1CCCCN1Cc1ccc(CO)cc1. The summed E-state index contributed by atoms with van der Waals surface area (Å²) in [5.41, 5.74) is 2.31. The van der Waals surface area contributed by atoms with Crippen LogP contribution in [0.4, 0.5) is 0 Å². The summed E-state index contributed by atoms with van der Waals surface area (Å²) in [6.45, 7) is 5.04. The van der Waals surface area contributed by atoms with Crippen molar-refractivity contribution >= 4 is 0 Å². The average Bonchev–Trinajstić information content (AvgIpc) is 2.54. The fraction of sp³-hybridized carbons (Fsp3) is 0.647. The number of ether oxygens (including phenoxy) is 1. The second-order valence-electron chi connectivity index (χ2n) is 5.79. The molecule has 2 N–H and O–H groups in total. The first-order valence-electron chi connectivity index (χ1n) is 7.96. The summed E-state index contributed by atoms with van der Waals surface area (Å²) in [6, 6.07) is 8.93. The lowest BCUT2D eigenvalue weighted by Gasteiger charge is -2.36. The number of nitrogens with zero attached hydrogens (tertiary/aromatic N) is 1. The van der Waals surface area contributed by atoms with Gasteiger partial charge in [0.2, 0.25) is 0 Å². The summed E-state index contributed by atoms with van der Waals surface area (Å²) < 4.78 is 5.08. The van der Waals surface area contributed by atoms with Crippen LogP contribution in [0.2, 0.25) is 0 Å². The van der Waals surface area contributed by atoms with E-state index in [1.54, 1.807) is 7.11 Å². The minimum Gasteiger partial charge on any atom is -0.392 e.